The molecule has 0 bridgehead atoms. The van der Waals surface area contributed by atoms with Crippen molar-refractivity contribution < 1.29 is 14.7 Å². The van der Waals surface area contributed by atoms with E-state index in [-0.39, 0.29) is 6.54 Å². The fourth-order valence-corrected chi connectivity index (χ4v) is 2.71. The molecule has 0 fully saturated rings. The summed E-state index contributed by atoms with van der Waals surface area (Å²) in [6.07, 6.45) is 1.44. The quantitative estimate of drug-likeness (QED) is 0.757. The Kier molecular flexibility index (Phi) is 4.14. The van der Waals surface area contributed by atoms with Crippen molar-refractivity contribution in [2.24, 2.45) is 0 Å². The third-order valence-corrected chi connectivity index (χ3v) is 3.93. The molecule has 0 aromatic carbocycles. The number of aryl methyl sites for hydroxylation is 2. The predicted molar refractivity (Wildman–Crippen MR) is 76.0 cm³/mol. The van der Waals surface area contributed by atoms with Gasteiger partial charge in [-0.05, 0) is 19.4 Å². The van der Waals surface area contributed by atoms with Crippen LogP contribution >= 0.6 is 11.3 Å². The number of hydrogen-bond acceptors (Lipinski definition) is 6. The summed E-state index contributed by atoms with van der Waals surface area (Å²) in [6.45, 7) is 3.56. The van der Waals surface area contributed by atoms with E-state index in [0.29, 0.717) is 5.82 Å². The van der Waals surface area contributed by atoms with E-state index in [9.17, 15) is 9.59 Å². The number of fused-ring (bicyclic) bond motifs is 1. The van der Waals surface area contributed by atoms with Gasteiger partial charge in [-0.3, -0.25) is 9.59 Å². The molecule has 2 rings (SSSR count). The Morgan fingerprint density at radius 1 is 1.30 bits per heavy atom. The number of thiophene rings is 1. The lowest BCUT2D eigenvalue weighted by Crippen LogP contribution is -2.34. The molecular formula is C12H14N4O3S. The molecule has 20 heavy (non-hydrogen) atoms. The number of carboxylic acids is 1. The van der Waals surface area contributed by atoms with Crippen LogP contribution in [0, 0.1) is 13.8 Å². The SMILES string of the molecule is Cc1sc2ncnc(NCC(=O)NCC(=O)O)c2c1C. The van der Waals surface area contributed by atoms with Gasteiger partial charge in [-0.1, -0.05) is 0 Å². The fraction of sp³-hybridized carbons (Fsp3) is 0.333. The number of carbonyl (C=O) groups is 2. The number of nitrogens with one attached hydrogen (secondary N) is 2. The van der Waals surface area contributed by atoms with Crippen molar-refractivity contribution in [2.75, 3.05) is 18.4 Å². The lowest BCUT2D eigenvalue weighted by atomic mass is 10.2. The molecule has 106 valence electrons. The van der Waals surface area contributed by atoms with E-state index in [4.69, 9.17) is 5.11 Å². The zero-order valence-electron chi connectivity index (χ0n) is 11.1. The summed E-state index contributed by atoms with van der Waals surface area (Å²) in [5.74, 6) is -0.891. The van der Waals surface area contributed by atoms with E-state index in [1.165, 1.54) is 6.33 Å². The second kappa shape index (κ2) is 5.83. The largest absolute Gasteiger partial charge is 0.480 e. The number of anilines is 1. The maximum atomic E-state index is 11.5. The molecule has 2 aromatic heterocycles. The van der Waals surface area contributed by atoms with Gasteiger partial charge in [-0.15, -0.1) is 11.3 Å². The van der Waals surface area contributed by atoms with Crippen LogP contribution in [-0.2, 0) is 9.59 Å². The molecule has 1 amide bonds. The van der Waals surface area contributed by atoms with Gasteiger partial charge in [0, 0.05) is 4.88 Å². The summed E-state index contributed by atoms with van der Waals surface area (Å²) in [4.78, 5) is 32.2. The Hall–Kier alpha value is -2.22. The van der Waals surface area contributed by atoms with Crippen LogP contribution in [0.4, 0.5) is 5.82 Å². The number of aromatic nitrogens is 2. The van der Waals surface area contributed by atoms with E-state index in [1.54, 1.807) is 11.3 Å². The van der Waals surface area contributed by atoms with E-state index in [1.807, 2.05) is 13.8 Å². The van der Waals surface area contributed by atoms with Gasteiger partial charge in [-0.25, -0.2) is 9.97 Å². The van der Waals surface area contributed by atoms with Crippen LogP contribution in [0.15, 0.2) is 6.33 Å². The first-order valence-corrected chi connectivity index (χ1v) is 6.73. The number of amides is 1. The monoisotopic (exact) mass is 294 g/mol. The number of nitrogens with zero attached hydrogens (tertiary/aromatic N) is 2. The molecule has 0 aliphatic heterocycles. The second-order valence-corrected chi connectivity index (χ2v) is 5.41. The van der Waals surface area contributed by atoms with Gasteiger partial charge in [0.05, 0.1) is 11.9 Å². The summed E-state index contributed by atoms with van der Waals surface area (Å²) in [5.41, 5.74) is 1.08. The van der Waals surface area contributed by atoms with Gasteiger partial charge in [-0.2, -0.15) is 0 Å². The molecule has 7 nitrogen and oxygen atoms in total. The molecule has 0 saturated heterocycles. The van der Waals surface area contributed by atoms with Gasteiger partial charge < -0.3 is 15.7 Å². The van der Waals surface area contributed by atoms with E-state index < -0.39 is 18.4 Å². The molecule has 0 aliphatic rings. The van der Waals surface area contributed by atoms with Crippen molar-refractivity contribution >= 4 is 39.2 Å². The Labute approximate surface area is 119 Å². The van der Waals surface area contributed by atoms with Crippen molar-refractivity contribution in [3.63, 3.8) is 0 Å². The van der Waals surface area contributed by atoms with Gasteiger partial charge in [0.25, 0.3) is 0 Å². The van der Waals surface area contributed by atoms with Crippen LogP contribution in [0.25, 0.3) is 10.2 Å². The molecule has 2 aromatic rings. The second-order valence-electron chi connectivity index (χ2n) is 4.21. The topological polar surface area (TPSA) is 104 Å². The number of hydrogen-bond donors (Lipinski definition) is 3. The maximum absolute atomic E-state index is 11.5. The molecule has 0 saturated carbocycles. The first-order valence-electron chi connectivity index (χ1n) is 5.92. The van der Waals surface area contributed by atoms with Crippen LogP contribution in [0.1, 0.15) is 10.4 Å². The Morgan fingerprint density at radius 2 is 2.05 bits per heavy atom. The highest BCUT2D eigenvalue weighted by Crippen LogP contribution is 2.32. The van der Waals surface area contributed by atoms with Gasteiger partial charge in [0.1, 0.15) is 23.5 Å². The first kappa shape index (κ1) is 14.2. The predicted octanol–water partition coefficient (Wildman–Crippen LogP) is 0.921. The maximum Gasteiger partial charge on any atom is 0.322 e. The third kappa shape index (κ3) is 3.02. The number of aliphatic carboxylic acids is 1. The van der Waals surface area contributed by atoms with Crippen molar-refractivity contribution in [1.82, 2.24) is 15.3 Å². The van der Waals surface area contributed by atoms with Gasteiger partial charge >= 0.3 is 5.97 Å². The molecule has 8 heteroatoms. The third-order valence-electron chi connectivity index (χ3n) is 2.82. The van der Waals surface area contributed by atoms with E-state index in [2.05, 4.69) is 20.6 Å². The standard InChI is InChI=1S/C12H14N4O3S/c1-6-7(2)20-12-10(6)11(15-5-16-12)14-3-8(17)13-4-9(18)19/h5H,3-4H2,1-2H3,(H,13,17)(H,18,19)(H,14,15,16). The number of rotatable bonds is 5. The molecule has 2 heterocycles. The zero-order valence-corrected chi connectivity index (χ0v) is 11.9. The summed E-state index contributed by atoms with van der Waals surface area (Å²) in [6, 6.07) is 0. The minimum Gasteiger partial charge on any atom is -0.480 e. The van der Waals surface area contributed by atoms with Crippen LogP contribution in [0.2, 0.25) is 0 Å². The summed E-state index contributed by atoms with van der Waals surface area (Å²) >= 11 is 1.57. The average Bonchev–Trinajstić information content (AvgIpc) is 2.70. The van der Waals surface area contributed by atoms with Crippen molar-refractivity contribution in [2.45, 2.75) is 13.8 Å². The normalized spacial score (nSPS) is 10.5. The summed E-state index contributed by atoms with van der Waals surface area (Å²) in [7, 11) is 0. The fourth-order valence-electron chi connectivity index (χ4n) is 1.72. The highest BCUT2D eigenvalue weighted by Gasteiger charge is 2.12. The smallest absolute Gasteiger partial charge is 0.322 e. The van der Waals surface area contributed by atoms with Gasteiger partial charge in [0.2, 0.25) is 5.91 Å². The first-order chi connectivity index (χ1) is 9.49. The molecule has 0 aliphatic carbocycles. The van der Waals surface area contributed by atoms with E-state index in [0.717, 1.165) is 20.7 Å². The Bertz CT molecular complexity index is 668. The molecule has 0 spiro atoms. The Balaban J connectivity index is 2.10. The number of carboxylic acid groups (broad SMARTS) is 1. The molecule has 0 radical (unpaired) electrons. The average molecular weight is 294 g/mol. The molecule has 0 atom stereocenters. The van der Waals surface area contributed by atoms with Crippen LogP contribution in [0.5, 0.6) is 0 Å². The van der Waals surface area contributed by atoms with Crippen LogP contribution < -0.4 is 10.6 Å². The van der Waals surface area contributed by atoms with Gasteiger partial charge in [0.15, 0.2) is 0 Å². The summed E-state index contributed by atoms with van der Waals surface area (Å²) in [5, 5.41) is 14.6. The minimum absolute atomic E-state index is 0.0340. The number of carbonyl (C=O) groups excluding carboxylic acids is 1. The van der Waals surface area contributed by atoms with Crippen LogP contribution in [-0.4, -0.2) is 40.0 Å². The minimum atomic E-state index is -1.08. The molecule has 3 N–H and O–H groups in total. The molecular weight excluding hydrogens is 280 g/mol. The lowest BCUT2D eigenvalue weighted by molar-refractivity contribution is -0.137. The van der Waals surface area contributed by atoms with E-state index >= 15 is 0 Å². The zero-order chi connectivity index (χ0) is 14.7. The lowest BCUT2D eigenvalue weighted by Gasteiger charge is -2.07. The highest BCUT2D eigenvalue weighted by atomic mass is 32.1. The summed E-state index contributed by atoms with van der Waals surface area (Å²) < 4.78 is 0. The van der Waals surface area contributed by atoms with Crippen molar-refractivity contribution in [3.8, 4) is 0 Å². The highest BCUT2D eigenvalue weighted by molar-refractivity contribution is 7.18. The van der Waals surface area contributed by atoms with Crippen LogP contribution in [0.3, 0.4) is 0 Å². The van der Waals surface area contributed by atoms with Crippen molar-refractivity contribution in [3.05, 3.63) is 16.8 Å². The Morgan fingerprint density at radius 3 is 2.75 bits per heavy atom. The molecule has 0 unspecified atom stereocenters. The van der Waals surface area contributed by atoms with Crippen molar-refractivity contribution in [1.29, 1.82) is 0 Å².